The Morgan fingerprint density at radius 1 is 0.970 bits per heavy atom. The number of carbonyl (C=O) groups is 1. The Morgan fingerprint density at radius 2 is 1.58 bits per heavy atom. The maximum atomic E-state index is 12.4. The lowest BCUT2D eigenvalue weighted by atomic mass is 9.74. The predicted octanol–water partition coefficient (Wildman–Crippen LogP) is 3.15. The number of aliphatic carboxylic acids is 1. The number of carboxylic acid groups (broad SMARTS) is 1. The number of carbonyl (C=O) groups excluding carboxylic acids is 1. The van der Waals surface area contributed by atoms with E-state index < -0.39 is 26.1 Å². The second-order valence-electron chi connectivity index (χ2n) is 8.82. The Hall–Kier alpha value is -3.33. The summed E-state index contributed by atoms with van der Waals surface area (Å²) in [6, 6.07) is 7.19. The lowest BCUT2D eigenvalue weighted by Crippen LogP contribution is -2.37. The first-order chi connectivity index (χ1) is 15.7. The minimum Gasteiger partial charge on any atom is -0.549 e. The number of fused-ring (bicyclic) bond motifs is 2. The van der Waals surface area contributed by atoms with E-state index in [1.165, 1.54) is 21.3 Å². The number of rotatable bonds is 7. The fourth-order valence-electron chi connectivity index (χ4n) is 4.26. The third-order valence-electron chi connectivity index (χ3n) is 5.57. The Labute approximate surface area is 193 Å². The van der Waals surface area contributed by atoms with Gasteiger partial charge in [0.1, 0.15) is 5.76 Å². The molecule has 8 nitrogen and oxygen atoms in total. The summed E-state index contributed by atoms with van der Waals surface area (Å²) < 4.78 is 33.9. The van der Waals surface area contributed by atoms with Crippen LogP contribution in [-0.2, 0) is 9.22 Å². The van der Waals surface area contributed by atoms with E-state index in [0.29, 0.717) is 40.1 Å². The van der Waals surface area contributed by atoms with Crippen LogP contribution < -0.4 is 28.8 Å². The number of carboxylic acids is 1. The van der Waals surface area contributed by atoms with Crippen LogP contribution in [0, 0.1) is 5.92 Å². The monoisotopic (exact) mass is 471 g/mol. The Balaban J connectivity index is 1.96. The fourth-order valence-corrected chi connectivity index (χ4v) is 5.10. The molecule has 0 saturated heterocycles. The normalized spacial score (nSPS) is 18.8. The summed E-state index contributed by atoms with van der Waals surface area (Å²) in [6.07, 6.45) is 1.63. The molecular formula is C24H27O8Si-. The SMILES string of the molecule is COc1cc(C2c3cc4c(cc3C(O[Si](C)(C)C)=CC2C(=O)[O-])OCO4)cc(OC)c1OC. The maximum absolute atomic E-state index is 12.4. The zero-order valence-corrected chi connectivity index (χ0v) is 20.5. The number of ether oxygens (including phenoxy) is 5. The van der Waals surface area contributed by atoms with Crippen molar-refractivity contribution in [2.75, 3.05) is 28.1 Å². The average Bonchev–Trinajstić information content (AvgIpc) is 3.23. The van der Waals surface area contributed by atoms with Crippen molar-refractivity contribution < 1.29 is 38.0 Å². The fraction of sp³-hybridized carbons (Fsp3) is 0.375. The smallest absolute Gasteiger partial charge is 0.242 e. The summed E-state index contributed by atoms with van der Waals surface area (Å²) in [5, 5.41) is 12.4. The van der Waals surface area contributed by atoms with Crippen LogP contribution in [-0.4, -0.2) is 42.4 Å². The van der Waals surface area contributed by atoms with Gasteiger partial charge in [-0.2, -0.15) is 0 Å². The van der Waals surface area contributed by atoms with Crippen molar-refractivity contribution >= 4 is 20.0 Å². The highest BCUT2D eigenvalue weighted by Crippen LogP contribution is 2.50. The molecule has 1 aliphatic heterocycles. The summed E-state index contributed by atoms with van der Waals surface area (Å²) >= 11 is 0. The number of benzene rings is 2. The van der Waals surface area contributed by atoms with Crippen molar-refractivity contribution in [2.24, 2.45) is 5.92 Å². The summed E-state index contributed by atoms with van der Waals surface area (Å²) in [5.41, 5.74) is 2.17. The predicted molar refractivity (Wildman–Crippen MR) is 121 cm³/mol. The van der Waals surface area contributed by atoms with Gasteiger partial charge < -0.3 is 38.0 Å². The molecule has 2 unspecified atom stereocenters. The van der Waals surface area contributed by atoms with Crippen LogP contribution in [0.25, 0.3) is 5.76 Å². The molecular weight excluding hydrogens is 444 g/mol. The Bertz CT molecular complexity index is 1090. The molecule has 1 heterocycles. The first-order valence-corrected chi connectivity index (χ1v) is 13.9. The van der Waals surface area contributed by atoms with Gasteiger partial charge in [0.2, 0.25) is 20.9 Å². The number of hydrogen-bond donors (Lipinski definition) is 0. The second-order valence-corrected chi connectivity index (χ2v) is 13.2. The average molecular weight is 472 g/mol. The van der Waals surface area contributed by atoms with E-state index in [-0.39, 0.29) is 6.79 Å². The highest BCUT2D eigenvalue weighted by Gasteiger charge is 2.37. The van der Waals surface area contributed by atoms with Gasteiger partial charge in [0.05, 0.1) is 21.3 Å². The van der Waals surface area contributed by atoms with Crippen molar-refractivity contribution in [1.29, 1.82) is 0 Å². The van der Waals surface area contributed by atoms with Gasteiger partial charge in [-0.15, -0.1) is 0 Å². The zero-order chi connectivity index (χ0) is 23.9. The lowest BCUT2D eigenvalue weighted by molar-refractivity contribution is -0.310. The molecule has 4 rings (SSSR count). The zero-order valence-electron chi connectivity index (χ0n) is 19.5. The van der Waals surface area contributed by atoms with Gasteiger partial charge in [-0.1, -0.05) is 0 Å². The van der Waals surface area contributed by atoms with E-state index in [4.69, 9.17) is 28.1 Å². The van der Waals surface area contributed by atoms with Gasteiger partial charge in [0.25, 0.3) is 0 Å². The standard InChI is InChI=1S/C24H28O8Si/c1-27-20-7-13(8-21(28-2)23(20)29-3)22-15-10-19-18(30-12-31-19)9-14(15)17(32-33(4,5)6)11-16(22)24(25)26/h7-11,16,22H,12H2,1-6H3,(H,25,26)/p-1. The van der Waals surface area contributed by atoms with Gasteiger partial charge in [-0.25, -0.2) is 0 Å². The van der Waals surface area contributed by atoms with Gasteiger partial charge in [-0.3, -0.25) is 0 Å². The quantitative estimate of drug-likeness (QED) is 0.569. The van der Waals surface area contributed by atoms with E-state index in [1.807, 2.05) is 31.8 Å². The van der Waals surface area contributed by atoms with E-state index in [2.05, 4.69) is 0 Å². The highest BCUT2D eigenvalue weighted by molar-refractivity contribution is 6.70. The molecule has 0 N–H and O–H groups in total. The largest absolute Gasteiger partial charge is 0.549 e. The summed E-state index contributed by atoms with van der Waals surface area (Å²) in [7, 11) is 2.50. The third-order valence-corrected chi connectivity index (χ3v) is 6.40. The molecule has 2 aromatic carbocycles. The molecule has 1 aliphatic carbocycles. The Kier molecular flexibility index (Phi) is 5.92. The molecule has 9 heteroatoms. The van der Waals surface area contributed by atoms with Crippen molar-refractivity contribution in [3.63, 3.8) is 0 Å². The molecule has 0 fully saturated rings. The van der Waals surface area contributed by atoms with Crippen LogP contribution >= 0.6 is 0 Å². The van der Waals surface area contributed by atoms with E-state index >= 15 is 0 Å². The molecule has 0 bridgehead atoms. The highest BCUT2D eigenvalue weighted by atomic mass is 28.4. The van der Waals surface area contributed by atoms with Crippen molar-refractivity contribution in [2.45, 2.75) is 25.6 Å². The van der Waals surface area contributed by atoms with Gasteiger partial charge in [0, 0.05) is 23.4 Å². The van der Waals surface area contributed by atoms with E-state index in [1.54, 1.807) is 18.2 Å². The van der Waals surface area contributed by atoms with Gasteiger partial charge >= 0.3 is 0 Å². The van der Waals surface area contributed by atoms with Crippen LogP contribution in [0.1, 0.15) is 22.6 Å². The molecule has 0 aromatic heterocycles. The van der Waals surface area contributed by atoms with E-state index in [0.717, 1.165) is 11.1 Å². The maximum Gasteiger partial charge on any atom is 0.242 e. The molecule has 0 saturated carbocycles. The summed E-state index contributed by atoms with van der Waals surface area (Å²) in [5.74, 6) is 0.128. The van der Waals surface area contributed by atoms with Crippen LogP contribution in [0.5, 0.6) is 28.7 Å². The minimum absolute atomic E-state index is 0.102. The minimum atomic E-state index is -2.06. The topological polar surface area (TPSA) is 95.5 Å². The van der Waals surface area contributed by atoms with Crippen LogP contribution in [0.15, 0.2) is 30.3 Å². The third kappa shape index (κ3) is 4.20. The Morgan fingerprint density at radius 3 is 2.09 bits per heavy atom. The first kappa shape index (κ1) is 22.8. The molecule has 33 heavy (non-hydrogen) atoms. The second kappa shape index (κ2) is 8.55. The van der Waals surface area contributed by atoms with Crippen molar-refractivity contribution in [1.82, 2.24) is 0 Å². The van der Waals surface area contributed by atoms with Gasteiger partial charge in [-0.05, 0) is 61.1 Å². The number of hydrogen-bond acceptors (Lipinski definition) is 8. The van der Waals surface area contributed by atoms with Crippen molar-refractivity contribution in [3.05, 3.63) is 47.0 Å². The van der Waals surface area contributed by atoms with Crippen LogP contribution in [0.3, 0.4) is 0 Å². The van der Waals surface area contributed by atoms with E-state index in [9.17, 15) is 9.90 Å². The lowest BCUT2D eigenvalue weighted by Gasteiger charge is -2.36. The first-order valence-electron chi connectivity index (χ1n) is 10.5. The summed E-state index contributed by atoms with van der Waals surface area (Å²) in [6.45, 7) is 6.23. The molecule has 2 aliphatic rings. The molecule has 2 atom stereocenters. The molecule has 0 radical (unpaired) electrons. The summed E-state index contributed by atoms with van der Waals surface area (Å²) in [4.78, 5) is 12.4. The van der Waals surface area contributed by atoms with Crippen molar-refractivity contribution in [3.8, 4) is 28.7 Å². The van der Waals surface area contributed by atoms with Crippen LogP contribution in [0.2, 0.25) is 19.6 Å². The van der Waals surface area contributed by atoms with Crippen LogP contribution in [0.4, 0.5) is 0 Å². The molecule has 0 amide bonds. The molecule has 0 spiro atoms. The number of methoxy groups -OCH3 is 3. The molecule has 2 aromatic rings. The van der Waals surface area contributed by atoms with Gasteiger partial charge in [0.15, 0.2) is 23.0 Å². The molecule has 176 valence electrons.